The lowest BCUT2D eigenvalue weighted by Crippen LogP contribution is -2.45. The zero-order chi connectivity index (χ0) is 25.7. The molecule has 1 saturated carbocycles. The lowest BCUT2D eigenvalue weighted by atomic mass is 9.96. The topological polar surface area (TPSA) is 118 Å². The van der Waals surface area contributed by atoms with Crippen LogP contribution in [0.25, 0.3) is 22.2 Å². The predicted octanol–water partition coefficient (Wildman–Crippen LogP) is 4.18. The molecule has 198 valence electrons. The van der Waals surface area contributed by atoms with Gasteiger partial charge in [-0.1, -0.05) is 20.8 Å². The smallest absolute Gasteiger partial charge is 0.151 e. The van der Waals surface area contributed by atoms with Gasteiger partial charge in [-0.05, 0) is 57.3 Å². The lowest BCUT2D eigenvalue weighted by Gasteiger charge is -2.39. The number of piperidine rings is 1. The van der Waals surface area contributed by atoms with Crippen LogP contribution < -0.4 is 11.1 Å². The van der Waals surface area contributed by atoms with Gasteiger partial charge in [0, 0.05) is 48.2 Å². The van der Waals surface area contributed by atoms with Crippen LogP contribution in [0.15, 0.2) is 18.6 Å². The molecule has 3 aromatic rings. The van der Waals surface area contributed by atoms with Crippen molar-refractivity contribution in [1.29, 1.82) is 0 Å². The third kappa shape index (κ3) is 4.68. The maximum Gasteiger partial charge on any atom is 0.151 e. The van der Waals surface area contributed by atoms with Crippen molar-refractivity contribution in [3.63, 3.8) is 0 Å². The van der Waals surface area contributed by atoms with Crippen LogP contribution in [0, 0.1) is 5.92 Å². The summed E-state index contributed by atoms with van der Waals surface area (Å²) in [5.41, 5.74) is 10.4. The molecule has 1 unspecified atom stereocenters. The Morgan fingerprint density at radius 3 is 2.49 bits per heavy atom. The third-order valence-corrected chi connectivity index (χ3v) is 8.60. The Labute approximate surface area is 218 Å². The summed E-state index contributed by atoms with van der Waals surface area (Å²) in [7, 11) is 0. The van der Waals surface area contributed by atoms with Gasteiger partial charge in [0.05, 0.1) is 24.0 Å². The molecular weight excluding hydrogens is 464 g/mol. The second-order valence-electron chi connectivity index (χ2n) is 11.7. The summed E-state index contributed by atoms with van der Waals surface area (Å²) in [6.07, 6.45) is 13.8. The number of nitrogens with zero attached hydrogens (tertiary/aromatic N) is 6. The lowest BCUT2D eigenvalue weighted by molar-refractivity contribution is 0.0903. The minimum Gasteiger partial charge on any atom is -0.393 e. The fourth-order valence-electron chi connectivity index (χ4n) is 6.81. The van der Waals surface area contributed by atoms with E-state index < -0.39 is 0 Å². The Morgan fingerprint density at radius 1 is 1.03 bits per heavy atom. The molecule has 2 aliphatic heterocycles. The van der Waals surface area contributed by atoms with Crippen molar-refractivity contribution >= 4 is 22.7 Å². The molecule has 2 bridgehead atoms. The van der Waals surface area contributed by atoms with Gasteiger partial charge in [0.15, 0.2) is 5.82 Å². The van der Waals surface area contributed by atoms with Crippen molar-refractivity contribution in [3.05, 3.63) is 24.3 Å². The number of nitrogen functional groups attached to an aromatic ring is 1. The summed E-state index contributed by atoms with van der Waals surface area (Å²) in [6.45, 7) is 7.91. The number of aliphatic hydroxyl groups excluding tert-OH is 1. The minimum absolute atomic E-state index is 0.203. The molecule has 6 rings (SSSR count). The van der Waals surface area contributed by atoms with E-state index in [9.17, 15) is 5.11 Å². The molecule has 0 radical (unpaired) electrons. The van der Waals surface area contributed by atoms with Gasteiger partial charge in [0.1, 0.15) is 16.9 Å². The Balaban J connectivity index is 1.30. The van der Waals surface area contributed by atoms with Crippen molar-refractivity contribution in [1.82, 2.24) is 29.6 Å². The van der Waals surface area contributed by atoms with Crippen molar-refractivity contribution in [2.24, 2.45) is 5.92 Å². The van der Waals surface area contributed by atoms with E-state index >= 15 is 0 Å². The molecule has 9 heteroatoms. The number of fused-ring (bicyclic) bond motifs is 3. The normalized spacial score (nSPS) is 28.0. The van der Waals surface area contributed by atoms with E-state index in [0.29, 0.717) is 35.4 Å². The van der Waals surface area contributed by atoms with E-state index in [1.54, 1.807) is 6.20 Å². The highest BCUT2D eigenvalue weighted by molar-refractivity contribution is 5.96. The maximum absolute atomic E-state index is 9.99. The van der Waals surface area contributed by atoms with Gasteiger partial charge in [-0.25, -0.2) is 15.0 Å². The maximum atomic E-state index is 9.99. The first-order valence-corrected chi connectivity index (χ1v) is 14.1. The zero-order valence-electron chi connectivity index (χ0n) is 22.3. The van der Waals surface area contributed by atoms with Gasteiger partial charge in [-0.3, -0.25) is 9.58 Å². The zero-order valence-corrected chi connectivity index (χ0v) is 22.3. The van der Waals surface area contributed by atoms with Gasteiger partial charge in [-0.15, -0.1) is 0 Å². The number of rotatable bonds is 7. The second-order valence-corrected chi connectivity index (χ2v) is 11.7. The number of pyridine rings is 1. The quantitative estimate of drug-likeness (QED) is 0.439. The predicted molar refractivity (Wildman–Crippen MR) is 146 cm³/mol. The van der Waals surface area contributed by atoms with E-state index in [1.165, 1.54) is 19.4 Å². The molecule has 5 heterocycles. The standard InChI is InChI=1S/C28H40N8O/c1-4-24-28(32-18-5-8-22(37)9-18)34-25-23(13-30-27(29)26(25)33-24)17-12-31-36(15-17)21-10-19-6-7-20(11-21)35(19)14-16(2)3/h12-13,15-16,18-22,37H,4-11,14H2,1-3H3,(H2,29,30)(H,32,34)/t18-,19-,20+,21?,22+/m1/s1. The van der Waals surface area contributed by atoms with Gasteiger partial charge in [0.2, 0.25) is 0 Å². The highest BCUT2D eigenvalue weighted by atomic mass is 16.3. The average Bonchev–Trinajstić information content (AvgIpc) is 3.57. The Hall–Kier alpha value is -2.78. The molecule has 9 nitrogen and oxygen atoms in total. The fraction of sp³-hybridized carbons (Fsp3) is 0.643. The van der Waals surface area contributed by atoms with Gasteiger partial charge in [0.25, 0.3) is 0 Å². The highest BCUT2D eigenvalue weighted by Gasteiger charge is 2.41. The molecule has 0 aromatic carbocycles. The molecule has 2 saturated heterocycles. The van der Waals surface area contributed by atoms with Crippen molar-refractivity contribution < 1.29 is 5.11 Å². The summed E-state index contributed by atoms with van der Waals surface area (Å²) in [6, 6.07) is 1.96. The van der Waals surface area contributed by atoms with Crippen LogP contribution in [-0.4, -0.2) is 65.5 Å². The third-order valence-electron chi connectivity index (χ3n) is 8.60. The first kappa shape index (κ1) is 24.6. The molecule has 37 heavy (non-hydrogen) atoms. The molecule has 5 atom stereocenters. The highest BCUT2D eigenvalue weighted by Crippen LogP contribution is 2.41. The Kier molecular flexibility index (Phi) is 6.52. The Bertz CT molecular complexity index is 1260. The van der Waals surface area contributed by atoms with Crippen LogP contribution in [0.4, 0.5) is 11.6 Å². The molecule has 0 spiro atoms. The van der Waals surface area contributed by atoms with Crippen LogP contribution in [-0.2, 0) is 6.42 Å². The number of nitrogens with one attached hydrogen (secondary N) is 1. The molecule has 1 aliphatic carbocycles. The van der Waals surface area contributed by atoms with Crippen LogP contribution in [0.1, 0.15) is 77.5 Å². The van der Waals surface area contributed by atoms with E-state index in [2.05, 4.69) is 46.9 Å². The average molecular weight is 505 g/mol. The van der Waals surface area contributed by atoms with E-state index in [4.69, 9.17) is 20.8 Å². The van der Waals surface area contributed by atoms with Crippen molar-refractivity contribution in [2.75, 3.05) is 17.6 Å². The molecule has 4 N–H and O–H groups in total. The fourth-order valence-corrected chi connectivity index (χ4v) is 6.81. The number of nitrogens with two attached hydrogens (primary N) is 1. The largest absolute Gasteiger partial charge is 0.393 e. The molecular formula is C28H40N8O. The minimum atomic E-state index is -0.246. The first-order valence-electron chi connectivity index (χ1n) is 14.1. The van der Waals surface area contributed by atoms with E-state index in [1.807, 2.05) is 6.20 Å². The van der Waals surface area contributed by atoms with Gasteiger partial charge >= 0.3 is 0 Å². The SMILES string of the molecule is CCc1nc2c(N)ncc(-c3cnn(C4C[C@H]5CC[C@@H](C4)N5CC(C)C)c3)c2nc1N[C@@H]1CC[C@H](O)C1. The number of aliphatic hydroxyl groups is 1. The summed E-state index contributed by atoms with van der Waals surface area (Å²) in [5, 5.41) is 18.4. The van der Waals surface area contributed by atoms with Crippen molar-refractivity contribution in [2.45, 2.75) is 102 Å². The number of aryl methyl sites for hydroxylation is 1. The van der Waals surface area contributed by atoms with E-state index in [0.717, 1.165) is 66.7 Å². The summed E-state index contributed by atoms with van der Waals surface area (Å²) >= 11 is 0. The van der Waals surface area contributed by atoms with Crippen LogP contribution in [0.3, 0.4) is 0 Å². The first-order chi connectivity index (χ1) is 17.9. The second kappa shape index (κ2) is 9.83. The van der Waals surface area contributed by atoms with Crippen LogP contribution in [0.2, 0.25) is 0 Å². The van der Waals surface area contributed by atoms with Crippen LogP contribution >= 0.6 is 0 Å². The number of anilines is 2. The number of aromatic nitrogens is 5. The van der Waals surface area contributed by atoms with Gasteiger partial charge < -0.3 is 16.2 Å². The van der Waals surface area contributed by atoms with Crippen LogP contribution in [0.5, 0.6) is 0 Å². The molecule has 0 amide bonds. The molecule has 3 aliphatic rings. The van der Waals surface area contributed by atoms with Gasteiger partial charge in [-0.2, -0.15) is 5.10 Å². The molecule has 3 aromatic heterocycles. The van der Waals surface area contributed by atoms with Crippen molar-refractivity contribution in [3.8, 4) is 11.1 Å². The number of hydrogen-bond donors (Lipinski definition) is 3. The summed E-state index contributed by atoms with van der Waals surface area (Å²) < 4.78 is 2.17. The summed E-state index contributed by atoms with van der Waals surface area (Å²) in [5.74, 6) is 1.88. The summed E-state index contributed by atoms with van der Waals surface area (Å²) in [4.78, 5) is 17.2. The van der Waals surface area contributed by atoms with E-state index in [-0.39, 0.29) is 12.1 Å². The number of hydrogen-bond acceptors (Lipinski definition) is 8. The monoisotopic (exact) mass is 504 g/mol. The Morgan fingerprint density at radius 2 is 1.81 bits per heavy atom. The molecule has 3 fully saturated rings.